The van der Waals surface area contributed by atoms with Crippen LogP contribution in [0.25, 0.3) is 22.2 Å². The van der Waals surface area contributed by atoms with Crippen molar-refractivity contribution in [3.63, 3.8) is 0 Å². The topological polar surface area (TPSA) is 85.1 Å². The number of nitrogens with zero attached hydrogens (tertiary/aromatic N) is 1. The second-order valence-corrected chi connectivity index (χ2v) is 10.5. The van der Waals surface area contributed by atoms with Gasteiger partial charge in [0.25, 0.3) is 11.8 Å². The van der Waals surface area contributed by atoms with E-state index in [1.165, 1.54) is 22.6 Å². The second-order valence-electron chi connectivity index (χ2n) is 8.52. The number of hydrogen-bond acceptors (Lipinski definition) is 4. The number of nitrogens with one attached hydrogen (secondary N) is 1. The van der Waals surface area contributed by atoms with E-state index in [4.69, 9.17) is 10.7 Å². The lowest BCUT2D eigenvalue weighted by molar-refractivity contribution is 0.100. The summed E-state index contributed by atoms with van der Waals surface area (Å²) in [6, 6.07) is 17.2. The van der Waals surface area contributed by atoms with Gasteiger partial charge in [0, 0.05) is 20.3 Å². The molecule has 0 bridgehead atoms. The number of carbonyl (C=O) groups is 2. The summed E-state index contributed by atoms with van der Waals surface area (Å²) in [5, 5.41) is 4.34. The van der Waals surface area contributed by atoms with E-state index in [0.717, 1.165) is 58.6 Å². The van der Waals surface area contributed by atoms with E-state index in [0.29, 0.717) is 21.8 Å². The Morgan fingerprint density at radius 1 is 0.971 bits per heavy atom. The molecule has 0 unspecified atom stereocenters. The van der Waals surface area contributed by atoms with E-state index in [1.807, 2.05) is 54.6 Å². The second kappa shape index (κ2) is 9.68. The first-order chi connectivity index (χ1) is 16.5. The normalized spacial score (nSPS) is 13.7. The standard InChI is InChI=1S/C27H24BrN3O2S/c28-17-13-11-16(12-14-17)22-15-20(18-7-5-6-9-21(18)30-22)26(33)31-27-24(25(29)32)19-8-3-1-2-4-10-23(19)34-27/h5-7,9,11-15H,1-4,8,10H2,(H2,29,32)(H,31,33). The first kappa shape index (κ1) is 22.7. The maximum absolute atomic E-state index is 13.6. The lowest BCUT2D eigenvalue weighted by atomic mass is 9.96. The van der Waals surface area contributed by atoms with Crippen LogP contribution < -0.4 is 11.1 Å². The fraction of sp³-hybridized carbons (Fsp3) is 0.222. The number of nitrogens with two attached hydrogens (primary N) is 1. The van der Waals surface area contributed by atoms with Crippen LogP contribution in [0, 0.1) is 0 Å². The van der Waals surface area contributed by atoms with Crippen LogP contribution in [0.2, 0.25) is 0 Å². The predicted molar refractivity (Wildman–Crippen MR) is 142 cm³/mol. The molecule has 172 valence electrons. The Balaban J connectivity index is 1.57. The van der Waals surface area contributed by atoms with Gasteiger partial charge < -0.3 is 11.1 Å². The Morgan fingerprint density at radius 3 is 2.47 bits per heavy atom. The number of carbonyl (C=O) groups excluding carboxylic acids is 2. The summed E-state index contributed by atoms with van der Waals surface area (Å²) >= 11 is 4.95. The Bertz CT molecular complexity index is 1400. The molecule has 1 aliphatic carbocycles. The van der Waals surface area contributed by atoms with Gasteiger partial charge in [0.1, 0.15) is 5.00 Å². The Labute approximate surface area is 210 Å². The number of benzene rings is 2. The maximum Gasteiger partial charge on any atom is 0.257 e. The van der Waals surface area contributed by atoms with Crippen molar-refractivity contribution in [1.82, 2.24) is 4.98 Å². The van der Waals surface area contributed by atoms with Gasteiger partial charge in [0.15, 0.2) is 0 Å². The van der Waals surface area contributed by atoms with Crippen LogP contribution in [-0.2, 0) is 12.8 Å². The van der Waals surface area contributed by atoms with E-state index in [9.17, 15) is 9.59 Å². The van der Waals surface area contributed by atoms with Gasteiger partial charge in [-0.1, -0.05) is 59.1 Å². The number of anilines is 1. The zero-order chi connectivity index (χ0) is 23.7. The van der Waals surface area contributed by atoms with E-state index >= 15 is 0 Å². The quantitative estimate of drug-likeness (QED) is 0.304. The molecule has 0 saturated heterocycles. The minimum Gasteiger partial charge on any atom is -0.365 e. The third-order valence-corrected chi connectivity index (χ3v) is 7.98. The van der Waals surface area contributed by atoms with E-state index in [1.54, 1.807) is 0 Å². The van der Waals surface area contributed by atoms with Gasteiger partial charge in [-0.25, -0.2) is 4.98 Å². The van der Waals surface area contributed by atoms with Crippen molar-refractivity contribution in [2.75, 3.05) is 5.32 Å². The Kier molecular flexibility index (Phi) is 6.48. The molecule has 0 spiro atoms. The van der Waals surface area contributed by atoms with Gasteiger partial charge in [0.2, 0.25) is 0 Å². The molecule has 0 atom stereocenters. The highest BCUT2D eigenvalue weighted by atomic mass is 79.9. The van der Waals surface area contributed by atoms with Crippen molar-refractivity contribution in [3.05, 3.63) is 80.6 Å². The number of rotatable bonds is 4. The van der Waals surface area contributed by atoms with Crippen molar-refractivity contribution >= 4 is 55.0 Å². The highest BCUT2D eigenvalue weighted by Crippen LogP contribution is 2.37. The monoisotopic (exact) mass is 533 g/mol. The first-order valence-corrected chi connectivity index (χ1v) is 13.0. The van der Waals surface area contributed by atoms with Crippen molar-refractivity contribution < 1.29 is 9.59 Å². The summed E-state index contributed by atoms with van der Waals surface area (Å²) in [7, 11) is 0. The zero-order valence-electron chi connectivity index (χ0n) is 18.6. The third-order valence-electron chi connectivity index (χ3n) is 6.25. The molecule has 2 heterocycles. The molecule has 5 nitrogen and oxygen atoms in total. The van der Waals surface area contributed by atoms with E-state index < -0.39 is 5.91 Å². The molecule has 0 radical (unpaired) electrons. The maximum atomic E-state index is 13.6. The minimum absolute atomic E-state index is 0.270. The van der Waals surface area contributed by atoms with Gasteiger partial charge in [-0.2, -0.15) is 0 Å². The average molecular weight is 534 g/mol. The Hall–Kier alpha value is -3.03. The molecular weight excluding hydrogens is 510 g/mol. The molecule has 0 aliphatic heterocycles. The summed E-state index contributed by atoms with van der Waals surface area (Å²) in [5.74, 6) is -0.753. The number of amides is 2. The van der Waals surface area contributed by atoms with Crippen molar-refractivity contribution in [1.29, 1.82) is 0 Å². The molecule has 0 fully saturated rings. The number of aryl methyl sites for hydroxylation is 1. The van der Waals surface area contributed by atoms with Crippen molar-refractivity contribution in [3.8, 4) is 11.3 Å². The summed E-state index contributed by atoms with van der Waals surface area (Å²) in [4.78, 5) is 32.0. The number of hydrogen-bond donors (Lipinski definition) is 2. The zero-order valence-corrected chi connectivity index (χ0v) is 21.0. The molecular formula is C27H24BrN3O2S. The largest absolute Gasteiger partial charge is 0.365 e. The molecule has 7 heteroatoms. The fourth-order valence-electron chi connectivity index (χ4n) is 4.57. The van der Waals surface area contributed by atoms with Gasteiger partial charge in [0.05, 0.1) is 22.3 Å². The number of thiophene rings is 1. The van der Waals surface area contributed by atoms with Crippen LogP contribution in [0.3, 0.4) is 0 Å². The van der Waals surface area contributed by atoms with Gasteiger partial charge >= 0.3 is 0 Å². The first-order valence-electron chi connectivity index (χ1n) is 11.4. The van der Waals surface area contributed by atoms with Crippen LogP contribution in [0.4, 0.5) is 5.00 Å². The number of aromatic nitrogens is 1. The van der Waals surface area contributed by atoms with Crippen molar-refractivity contribution in [2.24, 2.45) is 5.73 Å². The third kappa shape index (κ3) is 4.50. The van der Waals surface area contributed by atoms with Crippen LogP contribution in [0.5, 0.6) is 0 Å². The predicted octanol–water partition coefficient (Wildman–Crippen LogP) is 6.74. The van der Waals surface area contributed by atoms with E-state index in [2.05, 4.69) is 21.2 Å². The fourth-order valence-corrected chi connectivity index (χ4v) is 6.12. The molecule has 2 aromatic carbocycles. The summed E-state index contributed by atoms with van der Waals surface area (Å²) in [6.45, 7) is 0. The molecule has 0 saturated carbocycles. The van der Waals surface area contributed by atoms with E-state index in [-0.39, 0.29) is 5.91 Å². The van der Waals surface area contributed by atoms with Crippen LogP contribution in [0.1, 0.15) is 56.8 Å². The lowest BCUT2D eigenvalue weighted by Crippen LogP contribution is -2.18. The molecule has 1 aliphatic rings. The van der Waals surface area contributed by atoms with Crippen LogP contribution in [0.15, 0.2) is 59.1 Å². The highest BCUT2D eigenvalue weighted by molar-refractivity contribution is 9.10. The van der Waals surface area contributed by atoms with Crippen LogP contribution >= 0.6 is 27.3 Å². The van der Waals surface area contributed by atoms with Crippen molar-refractivity contribution in [2.45, 2.75) is 38.5 Å². The number of halogens is 1. The number of pyridine rings is 1. The smallest absolute Gasteiger partial charge is 0.257 e. The lowest BCUT2D eigenvalue weighted by Gasteiger charge is -2.11. The van der Waals surface area contributed by atoms with Gasteiger partial charge in [-0.3, -0.25) is 9.59 Å². The van der Waals surface area contributed by atoms with Gasteiger partial charge in [-0.15, -0.1) is 11.3 Å². The SMILES string of the molecule is NC(=O)c1c(NC(=O)c2cc(-c3ccc(Br)cc3)nc3ccccc23)sc2c1CCCCCC2. The van der Waals surface area contributed by atoms with Gasteiger partial charge in [-0.05, 0) is 55.5 Å². The molecule has 3 N–H and O–H groups in total. The molecule has 5 rings (SSSR count). The molecule has 2 amide bonds. The number of para-hydroxylation sites is 1. The molecule has 4 aromatic rings. The summed E-state index contributed by atoms with van der Waals surface area (Å²) in [5.41, 5.74) is 10.2. The molecule has 34 heavy (non-hydrogen) atoms. The number of primary amides is 1. The highest BCUT2D eigenvalue weighted by Gasteiger charge is 2.25. The number of fused-ring (bicyclic) bond motifs is 2. The van der Waals surface area contributed by atoms with Crippen LogP contribution in [-0.4, -0.2) is 16.8 Å². The minimum atomic E-state index is -0.483. The Morgan fingerprint density at radius 2 is 1.71 bits per heavy atom. The summed E-state index contributed by atoms with van der Waals surface area (Å²) < 4.78 is 0.974. The average Bonchev–Trinajstić information content (AvgIpc) is 3.14. The summed E-state index contributed by atoms with van der Waals surface area (Å²) in [6.07, 6.45) is 6.20. The molecule has 2 aromatic heterocycles.